The highest BCUT2D eigenvalue weighted by atomic mass is 32.2. The molecule has 0 spiro atoms. The SMILES string of the molecule is CCCCCCCCCCC[SH]1[C]=NCC1. The second-order valence-electron chi connectivity index (χ2n) is 4.80. The van der Waals surface area contributed by atoms with Crippen LogP contribution in [-0.2, 0) is 0 Å². The quantitative estimate of drug-likeness (QED) is 0.429. The summed E-state index contributed by atoms with van der Waals surface area (Å²) < 4.78 is 0. The summed E-state index contributed by atoms with van der Waals surface area (Å²) >= 11 is 0. The van der Waals surface area contributed by atoms with Crippen molar-refractivity contribution in [1.82, 2.24) is 0 Å². The molecule has 1 radical (unpaired) electrons. The Kier molecular flexibility index (Phi) is 8.97. The Morgan fingerprint density at radius 2 is 1.56 bits per heavy atom. The van der Waals surface area contributed by atoms with Gasteiger partial charge in [-0.3, -0.25) is 4.99 Å². The van der Waals surface area contributed by atoms with Crippen molar-refractivity contribution in [3.8, 4) is 0 Å². The first-order valence-electron chi connectivity index (χ1n) is 7.10. The molecular weight excluding hydrogens is 214 g/mol. The van der Waals surface area contributed by atoms with Gasteiger partial charge in [-0.25, -0.2) is 10.9 Å². The molecule has 1 heterocycles. The van der Waals surface area contributed by atoms with Crippen LogP contribution in [0.2, 0.25) is 0 Å². The molecule has 1 aliphatic rings. The Balaban J connectivity index is 1.73. The summed E-state index contributed by atoms with van der Waals surface area (Å²) in [5.74, 6) is 2.72. The lowest BCUT2D eigenvalue weighted by Gasteiger charge is -2.09. The van der Waals surface area contributed by atoms with E-state index in [2.05, 4.69) is 17.5 Å². The van der Waals surface area contributed by atoms with Gasteiger partial charge in [0.15, 0.2) is 0 Å². The molecule has 0 aromatic carbocycles. The fourth-order valence-electron chi connectivity index (χ4n) is 2.15. The van der Waals surface area contributed by atoms with E-state index in [9.17, 15) is 0 Å². The second kappa shape index (κ2) is 10.2. The largest absolute Gasteiger partial charge is 0.277 e. The van der Waals surface area contributed by atoms with E-state index in [-0.39, 0.29) is 10.9 Å². The van der Waals surface area contributed by atoms with Crippen molar-refractivity contribution in [2.45, 2.75) is 64.7 Å². The fraction of sp³-hybridized carbons (Fsp3) is 0.929. The zero-order valence-electron chi connectivity index (χ0n) is 10.9. The summed E-state index contributed by atoms with van der Waals surface area (Å²) in [6.45, 7) is 3.34. The molecule has 1 atom stereocenters. The van der Waals surface area contributed by atoms with Gasteiger partial charge < -0.3 is 0 Å². The lowest BCUT2D eigenvalue weighted by molar-refractivity contribution is 0.573. The van der Waals surface area contributed by atoms with Gasteiger partial charge in [-0.2, -0.15) is 0 Å². The predicted molar refractivity (Wildman–Crippen MR) is 78.2 cm³/mol. The predicted octanol–water partition coefficient (Wildman–Crippen LogP) is 4.44. The Hall–Kier alpha value is 0.0200. The molecule has 0 N–H and O–H groups in total. The second-order valence-corrected chi connectivity index (χ2v) is 6.97. The van der Waals surface area contributed by atoms with E-state index in [1.54, 1.807) is 0 Å². The lowest BCUT2D eigenvalue weighted by atomic mass is 10.1. The van der Waals surface area contributed by atoms with Crippen molar-refractivity contribution in [2.24, 2.45) is 4.99 Å². The molecule has 2 heteroatoms. The van der Waals surface area contributed by atoms with Gasteiger partial charge in [0.05, 0.1) is 0 Å². The van der Waals surface area contributed by atoms with E-state index in [4.69, 9.17) is 0 Å². The van der Waals surface area contributed by atoms with Gasteiger partial charge in [-0.05, 0) is 17.9 Å². The molecule has 0 bridgehead atoms. The van der Waals surface area contributed by atoms with Crippen molar-refractivity contribution in [3.05, 3.63) is 0 Å². The molecule has 0 amide bonds. The maximum absolute atomic E-state index is 4.20. The number of nitrogens with zero attached hydrogens (tertiary/aromatic N) is 1. The topological polar surface area (TPSA) is 12.4 Å². The van der Waals surface area contributed by atoms with E-state index >= 15 is 0 Å². The molecule has 1 nitrogen and oxygen atoms in total. The maximum Gasteiger partial charge on any atom is 0.101 e. The lowest BCUT2D eigenvalue weighted by Crippen LogP contribution is -1.92. The third-order valence-electron chi connectivity index (χ3n) is 3.23. The maximum atomic E-state index is 4.20. The minimum Gasteiger partial charge on any atom is -0.277 e. The summed E-state index contributed by atoms with van der Waals surface area (Å²) in [7, 11) is 0.106. The van der Waals surface area contributed by atoms with Crippen LogP contribution in [-0.4, -0.2) is 23.6 Å². The molecule has 0 aromatic rings. The van der Waals surface area contributed by atoms with Gasteiger partial charge in [0.2, 0.25) is 0 Å². The Bertz CT molecular complexity index is 180. The fourth-order valence-corrected chi connectivity index (χ4v) is 3.82. The molecule has 16 heavy (non-hydrogen) atoms. The summed E-state index contributed by atoms with van der Waals surface area (Å²) in [6.07, 6.45) is 12.9. The number of thiol groups is 1. The Morgan fingerprint density at radius 3 is 2.12 bits per heavy atom. The number of rotatable bonds is 10. The van der Waals surface area contributed by atoms with Crippen LogP contribution in [0.5, 0.6) is 0 Å². The minimum absolute atomic E-state index is 0.106. The molecule has 1 rings (SSSR count). The van der Waals surface area contributed by atoms with Crippen LogP contribution in [0.1, 0.15) is 64.7 Å². The van der Waals surface area contributed by atoms with Crippen LogP contribution in [0.4, 0.5) is 0 Å². The monoisotopic (exact) mass is 242 g/mol. The van der Waals surface area contributed by atoms with Gasteiger partial charge in [0.25, 0.3) is 0 Å². The number of unbranched alkanes of at least 4 members (excludes halogenated alkanes) is 8. The van der Waals surface area contributed by atoms with Crippen molar-refractivity contribution < 1.29 is 0 Å². The van der Waals surface area contributed by atoms with Gasteiger partial charge in [-0.15, -0.1) is 0 Å². The minimum atomic E-state index is 0.106. The first-order valence-corrected chi connectivity index (χ1v) is 8.82. The van der Waals surface area contributed by atoms with Crippen LogP contribution in [0.25, 0.3) is 0 Å². The zero-order valence-corrected chi connectivity index (χ0v) is 11.8. The summed E-state index contributed by atoms with van der Waals surface area (Å²) in [4.78, 5) is 4.20. The number of aliphatic imine (C=N–C) groups is 1. The Morgan fingerprint density at radius 1 is 0.938 bits per heavy atom. The van der Waals surface area contributed by atoms with Gasteiger partial charge in [-0.1, -0.05) is 58.3 Å². The van der Waals surface area contributed by atoms with Crippen molar-refractivity contribution in [1.29, 1.82) is 0 Å². The first kappa shape index (κ1) is 14.1. The van der Waals surface area contributed by atoms with Crippen LogP contribution in [0.15, 0.2) is 4.99 Å². The highest BCUT2D eigenvalue weighted by molar-refractivity contribution is 8.28. The van der Waals surface area contributed by atoms with Crippen LogP contribution in [0, 0.1) is 0 Å². The molecule has 1 unspecified atom stereocenters. The zero-order chi connectivity index (χ0) is 11.5. The van der Waals surface area contributed by atoms with Crippen LogP contribution >= 0.6 is 10.9 Å². The van der Waals surface area contributed by atoms with E-state index < -0.39 is 0 Å². The normalized spacial score (nSPS) is 21.7. The van der Waals surface area contributed by atoms with Gasteiger partial charge in [0.1, 0.15) is 5.55 Å². The molecule has 1 aliphatic heterocycles. The van der Waals surface area contributed by atoms with Crippen molar-refractivity contribution >= 4 is 16.4 Å². The average Bonchev–Trinajstić information content (AvgIpc) is 2.80. The molecule has 0 saturated carbocycles. The molecule has 0 saturated heterocycles. The van der Waals surface area contributed by atoms with Crippen molar-refractivity contribution in [2.75, 3.05) is 18.1 Å². The number of hydrogen-bond acceptors (Lipinski definition) is 1. The van der Waals surface area contributed by atoms with Gasteiger partial charge in [0, 0.05) is 6.54 Å². The highest BCUT2D eigenvalue weighted by Gasteiger charge is 2.05. The van der Waals surface area contributed by atoms with Crippen molar-refractivity contribution in [3.63, 3.8) is 0 Å². The molecule has 0 fully saturated rings. The van der Waals surface area contributed by atoms with Crippen LogP contribution in [0.3, 0.4) is 0 Å². The average molecular weight is 242 g/mol. The van der Waals surface area contributed by atoms with E-state index in [1.165, 1.54) is 69.3 Å². The molecule has 95 valence electrons. The molecular formula is C14H28NS. The third-order valence-corrected chi connectivity index (χ3v) is 5.25. The van der Waals surface area contributed by atoms with E-state index in [0.29, 0.717) is 0 Å². The third kappa shape index (κ3) is 7.32. The smallest absolute Gasteiger partial charge is 0.101 e. The van der Waals surface area contributed by atoms with Gasteiger partial charge >= 0.3 is 0 Å². The van der Waals surface area contributed by atoms with Crippen LogP contribution < -0.4 is 0 Å². The van der Waals surface area contributed by atoms with E-state index in [1.807, 2.05) is 0 Å². The Labute approximate surface area is 104 Å². The standard InChI is InChI=1S/C14H28NS/c1-2-3-4-5-6-7-8-9-10-12-16-13-11-15-14-16/h16H,2-13H2,1H3. The first-order chi connectivity index (χ1) is 7.93. The van der Waals surface area contributed by atoms with E-state index in [0.717, 1.165) is 6.54 Å². The summed E-state index contributed by atoms with van der Waals surface area (Å²) in [5.41, 5.74) is 3.27. The molecule has 0 aliphatic carbocycles. The molecule has 0 aromatic heterocycles. The number of hydrogen-bond donors (Lipinski definition) is 1. The summed E-state index contributed by atoms with van der Waals surface area (Å²) in [6, 6.07) is 0. The highest BCUT2D eigenvalue weighted by Crippen LogP contribution is 2.27. The summed E-state index contributed by atoms with van der Waals surface area (Å²) in [5, 5.41) is 0.